The first kappa shape index (κ1) is 24.1. The lowest BCUT2D eigenvalue weighted by Crippen LogP contribution is -2.32. The molecule has 0 saturated heterocycles. The fourth-order valence-corrected chi connectivity index (χ4v) is 3.04. The van der Waals surface area contributed by atoms with Gasteiger partial charge in [0.05, 0.1) is 23.4 Å². The Morgan fingerprint density at radius 3 is 2.39 bits per heavy atom. The van der Waals surface area contributed by atoms with E-state index in [0.717, 1.165) is 11.1 Å². The number of methoxy groups -OCH3 is 1. The van der Waals surface area contributed by atoms with Crippen LogP contribution in [0.5, 0.6) is 11.5 Å². The molecular formula is C24H21Cl2N3O4. The van der Waals surface area contributed by atoms with Crippen LogP contribution < -0.4 is 20.2 Å². The van der Waals surface area contributed by atoms with Crippen LogP contribution in [-0.2, 0) is 16.2 Å². The zero-order chi connectivity index (χ0) is 23.8. The highest BCUT2D eigenvalue weighted by Crippen LogP contribution is 2.29. The van der Waals surface area contributed by atoms with Crippen LogP contribution in [0.2, 0.25) is 10.0 Å². The third-order valence-electron chi connectivity index (χ3n) is 4.46. The van der Waals surface area contributed by atoms with Crippen molar-refractivity contribution in [3.63, 3.8) is 0 Å². The fourth-order valence-electron chi connectivity index (χ4n) is 2.72. The van der Waals surface area contributed by atoms with Crippen LogP contribution in [0.15, 0.2) is 65.8 Å². The molecule has 3 aromatic carbocycles. The Morgan fingerprint density at radius 1 is 0.939 bits per heavy atom. The number of nitrogens with zero attached hydrogens (tertiary/aromatic N) is 1. The maximum Gasteiger partial charge on any atom is 0.329 e. The normalized spacial score (nSPS) is 10.7. The average Bonchev–Trinajstić information content (AvgIpc) is 2.81. The minimum atomic E-state index is -0.889. The van der Waals surface area contributed by atoms with E-state index in [0.29, 0.717) is 32.8 Å². The van der Waals surface area contributed by atoms with Gasteiger partial charge in [-0.1, -0.05) is 47.0 Å². The van der Waals surface area contributed by atoms with Crippen LogP contribution in [-0.4, -0.2) is 25.1 Å². The van der Waals surface area contributed by atoms with E-state index in [-0.39, 0.29) is 6.61 Å². The lowest BCUT2D eigenvalue weighted by molar-refractivity contribution is -0.136. The van der Waals surface area contributed by atoms with E-state index >= 15 is 0 Å². The molecule has 0 aliphatic heterocycles. The van der Waals surface area contributed by atoms with E-state index < -0.39 is 11.8 Å². The van der Waals surface area contributed by atoms with Crippen molar-refractivity contribution in [2.24, 2.45) is 5.10 Å². The lowest BCUT2D eigenvalue weighted by Gasteiger charge is -2.11. The predicted octanol–water partition coefficient (Wildman–Crippen LogP) is 4.98. The van der Waals surface area contributed by atoms with Gasteiger partial charge in [0.2, 0.25) is 0 Å². The smallest absolute Gasteiger partial charge is 0.329 e. The maximum absolute atomic E-state index is 12.0. The molecule has 0 aliphatic carbocycles. The van der Waals surface area contributed by atoms with Gasteiger partial charge in [-0.05, 0) is 60.5 Å². The molecule has 0 saturated carbocycles. The molecule has 0 aromatic heterocycles. The SMILES string of the molecule is COc1cc(/C=N\NC(=O)C(=O)Nc2ccc(C)cc2)ccc1OCc1ccc(Cl)c(Cl)c1. The Bertz CT molecular complexity index is 1180. The summed E-state index contributed by atoms with van der Waals surface area (Å²) in [5, 5.41) is 7.25. The zero-order valence-corrected chi connectivity index (χ0v) is 19.4. The number of rotatable bonds is 7. The molecule has 0 radical (unpaired) electrons. The van der Waals surface area contributed by atoms with Gasteiger partial charge in [0.1, 0.15) is 6.61 Å². The number of carbonyl (C=O) groups is 2. The number of nitrogens with one attached hydrogen (secondary N) is 2. The first-order valence-electron chi connectivity index (χ1n) is 9.81. The van der Waals surface area contributed by atoms with Crippen molar-refractivity contribution in [2.45, 2.75) is 13.5 Å². The van der Waals surface area contributed by atoms with Crippen LogP contribution in [0.4, 0.5) is 5.69 Å². The van der Waals surface area contributed by atoms with Gasteiger partial charge in [-0.3, -0.25) is 9.59 Å². The molecule has 0 bridgehead atoms. The van der Waals surface area contributed by atoms with Gasteiger partial charge in [-0.25, -0.2) is 5.43 Å². The second-order valence-electron chi connectivity index (χ2n) is 6.97. The third-order valence-corrected chi connectivity index (χ3v) is 5.20. The number of hydrazone groups is 1. The topological polar surface area (TPSA) is 89.0 Å². The molecule has 3 rings (SSSR count). The van der Waals surface area contributed by atoms with E-state index in [1.165, 1.54) is 13.3 Å². The summed E-state index contributed by atoms with van der Waals surface area (Å²) < 4.78 is 11.2. The Balaban J connectivity index is 1.56. The minimum Gasteiger partial charge on any atom is -0.493 e. The highest BCUT2D eigenvalue weighted by molar-refractivity contribution is 6.42. The van der Waals surface area contributed by atoms with Crippen molar-refractivity contribution in [1.82, 2.24) is 5.43 Å². The molecule has 170 valence electrons. The van der Waals surface area contributed by atoms with E-state index in [9.17, 15) is 9.59 Å². The van der Waals surface area contributed by atoms with Gasteiger partial charge in [0.25, 0.3) is 0 Å². The van der Waals surface area contributed by atoms with E-state index in [2.05, 4.69) is 15.8 Å². The van der Waals surface area contributed by atoms with Crippen molar-refractivity contribution in [3.8, 4) is 11.5 Å². The molecule has 0 spiro atoms. The first-order valence-corrected chi connectivity index (χ1v) is 10.6. The molecule has 0 atom stereocenters. The van der Waals surface area contributed by atoms with Gasteiger partial charge in [-0.2, -0.15) is 5.10 Å². The molecule has 0 unspecified atom stereocenters. The van der Waals surface area contributed by atoms with E-state index in [1.54, 1.807) is 42.5 Å². The van der Waals surface area contributed by atoms with Crippen molar-refractivity contribution >= 4 is 46.9 Å². The van der Waals surface area contributed by atoms with Gasteiger partial charge < -0.3 is 14.8 Å². The number of carbonyl (C=O) groups excluding carboxylic acids is 2. The Morgan fingerprint density at radius 2 is 1.70 bits per heavy atom. The number of ether oxygens (including phenoxy) is 2. The number of benzene rings is 3. The number of anilines is 1. The standard InChI is InChI=1S/C24H21Cl2N3O4/c1-15-3-7-18(8-4-15)28-23(30)24(31)29-27-13-16-6-10-21(22(12-16)32-2)33-14-17-5-9-19(25)20(26)11-17/h3-13H,14H2,1-2H3,(H,28,30)(H,29,31)/b27-13-. The molecule has 7 nitrogen and oxygen atoms in total. The molecular weight excluding hydrogens is 465 g/mol. The highest BCUT2D eigenvalue weighted by atomic mass is 35.5. The summed E-state index contributed by atoms with van der Waals surface area (Å²) in [7, 11) is 1.51. The van der Waals surface area contributed by atoms with E-state index in [1.807, 2.05) is 25.1 Å². The van der Waals surface area contributed by atoms with E-state index in [4.69, 9.17) is 32.7 Å². The largest absolute Gasteiger partial charge is 0.493 e. The second kappa shape index (κ2) is 11.4. The summed E-state index contributed by atoms with van der Waals surface area (Å²) in [5.41, 5.74) is 5.24. The highest BCUT2D eigenvalue weighted by Gasteiger charge is 2.13. The molecule has 33 heavy (non-hydrogen) atoms. The van der Waals surface area contributed by atoms with Crippen molar-refractivity contribution in [2.75, 3.05) is 12.4 Å². The van der Waals surface area contributed by atoms with Crippen LogP contribution in [0.3, 0.4) is 0 Å². The van der Waals surface area contributed by atoms with Crippen molar-refractivity contribution in [3.05, 3.63) is 87.4 Å². The van der Waals surface area contributed by atoms with Gasteiger partial charge in [0.15, 0.2) is 11.5 Å². The minimum absolute atomic E-state index is 0.271. The predicted molar refractivity (Wildman–Crippen MR) is 129 cm³/mol. The molecule has 2 N–H and O–H groups in total. The van der Waals surface area contributed by atoms with Gasteiger partial charge in [0, 0.05) is 5.69 Å². The number of amides is 2. The zero-order valence-electron chi connectivity index (χ0n) is 17.9. The van der Waals surface area contributed by atoms with Gasteiger partial charge in [-0.15, -0.1) is 0 Å². The summed E-state index contributed by atoms with van der Waals surface area (Å²) in [6, 6.07) is 17.5. The van der Waals surface area contributed by atoms with Crippen LogP contribution in [0.1, 0.15) is 16.7 Å². The number of hydrogen-bond donors (Lipinski definition) is 2. The lowest BCUT2D eigenvalue weighted by atomic mass is 10.2. The number of aryl methyl sites for hydroxylation is 1. The van der Waals surface area contributed by atoms with Crippen LogP contribution in [0.25, 0.3) is 0 Å². The number of hydrogen-bond acceptors (Lipinski definition) is 5. The summed E-state index contributed by atoms with van der Waals surface area (Å²) in [4.78, 5) is 23.9. The molecule has 0 fully saturated rings. The first-order chi connectivity index (χ1) is 15.9. The van der Waals surface area contributed by atoms with Crippen LogP contribution >= 0.6 is 23.2 Å². The Labute approximate surface area is 201 Å². The second-order valence-corrected chi connectivity index (χ2v) is 7.78. The summed E-state index contributed by atoms with van der Waals surface area (Å²) in [5.74, 6) is -0.718. The number of halogens is 2. The Hall–Kier alpha value is -3.55. The van der Waals surface area contributed by atoms with Crippen LogP contribution in [0, 0.1) is 6.92 Å². The summed E-state index contributed by atoms with van der Waals surface area (Å²) in [6.45, 7) is 2.20. The maximum atomic E-state index is 12.0. The molecule has 0 heterocycles. The average molecular weight is 486 g/mol. The molecule has 2 amide bonds. The Kier molecular flexibility index (Phi) is 8.29. The third kappa shape index (κ3) is 6.97. The summed E-state index contributed by atoms with van der Waals surface area (Å²) in [6.07, 6.45) is 1.39. The molecule has 3 aromatic rings. The van der Waals surface area contributed by atoms with Crippen molar-refractivity contribution < 1.29 is 19.1 Å². The molecule has 9 heteroatoms. The fraction of sp³-hybridized carbons (Fsp3) is 0.125. The monoisotopic (exact) mass is 485 g/mol. The summed E-state index contributed by atoms with van der Waals surface area (Å²) >= 11 is 12.0. The van der Waals surface area contributed by atoms with Crippen molar-refractivity contribution in [1.29, 1.82) is 0 Å². The quantitative estimate of drug-likeness (QED) is 0.280. The van der Waals surface area contributed by atoms with Gasteiger partial charge >= 0.3 is 11.8 Å². The molecule has 0 aliphatic rings.